The smallest absolute Gasteiger partial charge is 0.194 e. The maximum Gasteiger partial charge on any atom is 0.194 e. The van der Waals surface area contributed by atoms with Crippen LogP contribution in [0.2, 0.25) is 0 Å². The van der Waals surface area contributed by atoms with Crippen LogP contribution in [0.25, 0.3) is 44.5 Å². The average Bonchev–Trinajstić information content (AvgIpc) is 3.88. The van der Waals surface area contributed by atoms with Crippen molar-refractivity contribution in [1.82, 2.24) is 0 Å². The summed E-state index contributed by atoms with van der Waals surface area (Å²) in [7, 11) is 0. The van der Waals surface area contributed by atoms with Gasteiger partial charge in [0.1, 0.15) is 0 Å². The highest BCUT2D eigenvalue weighted by Crippen LogP contribution is 2.67. The summed E-state index contributed by atoms with van der Waals surface area (Å²) in [5.41, 5.74) is 19.7. The van der Waals surface area contributed by atoms with E-state index < -0.39 is 5.41 Å². The molecule has 0 aromatic heterocycles. The molecule has 0 radical (unpaired) electrons. The Bertz CT molecular complexity index is 3260. The minimum Gasteiger partial charge on any atom is -0.449 e. The summed E-state index contributed by atoms with van der Waals surface area (Å²) < 4.78 is 14.4. The molecule has 4 aliphatic rings. The lowest BCUT2D eigenvalue weighted by Gasteiger charge is -2.33. The Balaban J connectivity index is 1.02. The van der Waals surface area contributed by atoms with Gasteiger partial charge in [-0.05, 0) is 115 Å². The van der Waals surface area contributed by atoms with Crippen LogP contribution in [0.5, 0.6) is 23.0 Å². The highest BCUT2D eigenvalue weighted by Gasteiger charge is 2.53. The van der Waals surface area contributed by atoms with Crippen LogP contribution in [-0.2, 0) is 10.8 Å². The normalized spacial score (nSPS) is 14.6. The number of nitrogens with zero attached hydrogens (tertiary/aromatic N) is 1. The maximum absolute atomic E-state index is 7.44. The summed E-state index contributed by atoms with van der Waals surface area (Å²) in [6.45, 7) is 4.68. The predicted octanol–water partition coefficient (Wildman–Crippen LogP) is 15.4. The summed E-state index contributed by atoms with van der Waals surface area (Å²) in [6, 6.07) is 72.5. The van der Waals surface area contributed by atoms with Crippen LogP contribution in [0.4, 0.5) is 17.1 Å². The second-order valence-corrected chi connectivity index (χ2v) is 17.2. The molecule has 0 unspecified atom stereocenters. The van der Waals surface area contributed by atoms with Gasteiger partial charge in [0.25, 0.3) is 0 Å². The van der Waals surface area contributed by atoms with Crippen molar-refractivity contribution in [3.05, 3.63) is 234 Å². The molecule has 9 aromatic carbocycles. The molecule has 0 saturated heterocycles. The van der Waals surface area contributed by atoms with Gasteiger partial charge in [-0.2, -0.15) is 0 Å². The number of hydrogen-bond donors (Lipinski definition) is 0. The van der Waals surface area contributed by atoms with E-state index in [4.69, 9.17) is 9.47 Å². The molecule has 61 heavy (non-hydrogen) atoms. The van der Waals surface area contributed by atoms with Gasteiger partial charge in [-0.1, -0.05) is 172 Å². The number of hydrogen-bond acceptors (Lipinski definition) is 3. The highest BCUT2D eigenvalue weighted by molar-refractivity contribution is 5.98. The lowest BCUT2D eigenvalue weighted by molar-refractivity contribution is 0.361. The Morgan fingerprint density at radius 1 is 0.361 bits per heavy atom. The van der Waals surface area contributed by atoms with Crippen molar-refractivity contribution in [3.63, 3.8) is 0 Å². The van der Waals surface area contributed by atoms with E-state index in [1.54, 1.807) is 0 Å². The molecule has 1 heterocycles. The van der Waals surface area contributed by atoms with E-state index in [1.165, 1.54) is 61.2 Å². The van der Waals surface area contributed by atoms with Crippen LogP contribution in [0, 0.1) is 0 Å². The molecule has 3 aliphatic carbocycles. The summed E-state index contributed by atoms with van der Waals surface area (Å²) in [5, 5.41) is 0. The van der Waals surface area contributed by atoms with Gasteiger partial charge in [0.05, 0.1) is 11.1 Å². The molecule has 0 amide bonds. The van der Waals surface area contributed by atoms with Gasteiger partial charge < -0.3 is 14.4 Å². The molecular weight excluding hydrogens is 743 g/mol. The standard InChI is InChI=1S/C58H39NO2/c1-57(2)45-24-10-6-20-40(45)43-31-30-39(35-50(43)57)59(38-19-14-18-37(34-38)36-16-4-3-5-17-36)51-28-15-29-52-55(51)61-56-53(60-52)33-32-49-54(56)44-23-9-13-27-48(44)58(49)46-25-11-7-21-41(46)42-22-8-12-26-47(42)58/h3-35H,1-2H3. The van der Waals surface area contributed by atoms with E-state index in [-0.39, 0.29) is 5.41 Å². The topological polar surface area (TPSA) is 21.7 Å². The van der Waals surface area contributed by atoms with Crippen LogP contribution < -0.4 is 14.4 Å². The van der Waals surface area contributed by atoms with Crippen LogP contribution in [0.15, 0.2) is 200 Å². The number of anilines is 3. The Kier molecular flexibility index (Phi) is 6.99. The van der Waals surface area contributed by atoms with Crippen molar-refractivity contribution >= 4 is 17.1 Å². The summed E-state index contributed by atoms with van der Waals surface area (Å²) >= 11 is 0. The molecule has 3 heteroatoms. The first-order chi connectivity index (χ1) is 30.0. The minimum absolute atomic E-state index is 0.171. The predicted molar refractivity (Wildman–Crippen MR) is 247 cm³/mol. The van der Waals surface area contributed by atoms with E-state index >= 15 is 0 Å². The third-order valence-electron chi connectivity index (χ3n) is 13.7. The molecule has 13 rings (SSSR count). The molecule has 0 atom stereocenters. The maximum atomic E-state index is 7.44. The Hall–Kier alpha value is -7.62. The molecule has 288 valence electrons. The van der Waals surface area contributed by atoms with E-state index in [2.05, 4.69) is 213 Å². The molecule has 9 aromatic rings. The van der Waals surface area contributed by atoms with Crippen molar-refractivity contribution in [3.8, 4) is 67.5 Å². The zero-order valence-corrected chi connectivity index (χ0v) is 33.8. The SMILES string of the molecule is CC1(C)c2ccccc2-c2ccc(N(c3cccc(-c4ccccc4)c3)c3cccc4c3Oc3c(ccc5c3-c3ccccc3C53c5ccccc5-c5ccccc53)O4)cc21. The molecule has 0 saturated carbocycles. The van der Waals surface area contributed by atoms with E-state index in [1.807, 2.05) is 6.07 Å². The third-order valence-corrected chi connectivity index (χ3v) is 13.7. The lowest BCUT2D eigenvalue weighted by atomic mass is 9.70. The second kappa shape index (κ2) is 12.5. The number of para-hydroxylation sites is 1. The molecule has 1 spiro atoms. The van der Waals surface area contributed by atoms with Gasteiger partial charge in [-0.25, -0.2) is 0 Å². The van der Waals surface area contributed by atoms with Gasteiger partial charge >= 0.3 is 0 Å². The number of ether oxygens (including phenoxy) is 2. The Morgan fingerprint density at radius 3 is 1.66 bits per heavy atom. The fourth-order valence-corrected chi connectivity index (χ4v) is 11.1. The van der Waals surface area contributed by atoms with Crippen molar-refractivity contribution in [2.75, 3.05) is 4.90 Å². The second-order valence-electron chi connectivity index (χ2n) is 17.2. The average molecular weight is 782 g/mol. The highest BCUT2D eigenvalue weighted by atomic mass is 16.6. The Morgan fingerprint density at radius 2 is 0.918 bits per heavy atom. The van der Waals surface area contributed by atoms with Crippen molar-refractivity contribution in [1.29, 1.82) is 0 Å². The van der Waals surface area contributed by atoms with Crippen LogP contribution in [-0.4, -0.2) is 0 Å². The van der Waals surface area contributed by atoms with Crippen LogP contribution in [0.3, 0.4) is 0 Å². The van der Waals surface area contributed by atoms with E-state index in [9.17, 15) is 0 Å². The number of fused-ring (bicyclic) bond motifs is 16. The van der Waals surface area contributed by atoms with Crippen molar-refractivity contribution < 1.29 is 9.47 Å². The van der Waals surface area contributed by atoms with Crippen molar-refractivity contribution in [2.24, 2.45) is 0 Å². The van der Waals surface area contributed by atoms with Gasteiger partial charge in [-0.15, -0.1) is 0 Å². The van der Waals surface area contributed by atoms with E-state index in [0.717, 1.165) is 39.5 Å². The van der Waals surface area contributed by atoms with Gasteiger partial charge in [-0.3, -0.25) is 0 Å². The van der Waals surface area contributed by atoms with Crippen molar-refractivity contribution in [2.45, 2.75) is 24.7 Å². The Labute approximate surface area is 355 Å². The third kappa shape index (κ3) is 4.58. The van der Waals surface area contributed by atoms with E-state index in [0.29, 0.717) is 17.2 Å². The fraction of sp³-hybridized carbons (Fsp3) is 0.0690. The number of benzene rings is 9. The minimum atomic E-state index is -0.490. The first kappa shape index (κ1) is 34.3. The lowest BCUT2D eigenvalue weighted by Crippen LogP contribution is -2.25. The summed E-state index contributed by atoms with van der Waals surface area (Å²) in [4.78, 5) is 2.35. The first-order valence-electron chi connectivity index (χ1n) is 21.2. The van der Waals surface area contributed by atoms with Crippen LogP contribution >= 0.6 is 0 Å². The number of rotatable bonds is 4. The quantitative estimate of drug-likeness (QED) is 0.177. The molecule has 3 nitrogen and oxygen atoms in total. The summed E-state index contributed by atoms with van der Waals surface area (Å²) in [6.07, 6.45) is 0. The summed E-state index contributed by atoms with van der Waals surface area (Å²) in [5.74, 6) is 2.82. The zero-order valence-electron chi connectivity index (χ0n) is 33.8. The van der Waals surface area contributed by atoms with Crippen LogP contribution in [0.1, 0.15) is 47.2 Å². The zero-order chi connectivity index (χ0) is 40.5. The molecular formula is C58H39NO2. The van der Waals surface area contributed by atoms with Gasteiger partial charge in [0.2, 0.25) is 0 Å². The monoisotopic (exact) mass is 781 g/mol. The first-order valence-corrected chi connectivity index (χ1v) is 21.2. The fourth-order valence-electron chi connectivity index (χ4n) is 11.1. The molecule has 0 bridgehead atoms. The molecule has 0 fully saturated rings. The molecule has 1 aliphatic heterocycles. The molecule has 0 N–H and O–H groups in total. The van der Waals surface area contributed by atoms with Gasteiger partial charge in [0.15, 0.2) is 23.0 Å². The largest absolute Gasteiger partial charge is 0.449 e. The van der Waals surface area contributed by atoms with Gasteiger partial charge in [0, 0.05) is 22.4 Å².